The molecule has 0 heterocycles. The third-order valence-corrected chi connectivity index (χ3v) is 2.25. The van der Waals surface area contributed by atoms with Crippen LogP contribution in [-0.2, 0) is 0 Å². The normalized spacial score (nSPS) is 14.9. The first-order chi connectivity index (χ1) is 3.81. The van der Waals surface area contributed by atoms with E-state index in [4.69, 9.17) is 0 Å². The monoisotopic (exact) mass is 130 g/mol. The van der Waals surface area contributed by atoms with Gasteiger partial charge in [0.2, 0.25) is 0 Å². The number of thioether (sulfide) groups is 1. The summed E-state index contributed by atoms with van der Waals surface area (Å²) in [4.78, 5) is 0. The van der Waals surface area contributed by atoms with Crippen molar-refractivity contribution in [3.8, 4) is 0 Å². The molecule has 0 bridgehead atoms. The van der Waals surface area contributed by atoms with Crippen molar-refractivity contribution in [1.82, 2.24) is 0 Å². The maximum Gasteiger partial charge on any atom is 0.00573 e. The van der Waals surface area contributed by atoms with Crippen molar-refractivity contribution in [2.24, 2.45) is 0 Å². The highest BCUT2D eigenvalue weighted by Gasteiger charge is 1.91. The molecule has 0 aromatic carbocycles. The first-order valence-electron chi connectivity index (χ1n) is 3.07. The Labute approximate surface area is 56.4 Å². The molecule has 0 aliphatic heterocycles. The average Bonchev–Trinajstić information content (AvgIpc) is 1.83. The fourth-order valence-corrected chi connectivity index (χ4v) is 0.927. The van der Waals surface area contributed by atoms with E-state index in [2.05, 4.69) is 32.3 Å². The van der Waals surface area contributed by atoms with Gasteiger partial charge in [0, 0.05) is 5.25 Å². The molecule has 0 rings (SSSR count). The van der Waals surface area contributed by atoms with E-state index in [0.29, 0.717) is 0 Å². The van der Waals surface area contributed by atoms with Crippen molar-refractivity contribution < 1.29 is 0 Å². The van der Waals surface area contributed by atoms with Gasteiger partial charge in [0.25, 0.3) is 0 Å². The fourth-order valence-electron chi connectivity index (χ4n) is 0.309. The minimum atomic E-state index is 0.784. The molecule has 0 spiro atoms. The molecule has 0 amide bonds. The van der Waals surface area contributed by atoms with E-state index in [9.17, 15) is 0 Å². The van der Waals surface area contributed by atoms with Crippen molar-refractivity contribution in [1.29, 1.82) is 0 Å². The Kier molecular flexibility index (Phi) is 5.29. The van der Waals surface area contributed by atoms with Crippen LogP contribution in [0.3, 0.4) is 0 Å². The zero-order chi connectivity index (χ0) is 6.41. The van der Waals surface area contributed by atoms with Crippen LogP contribution in [0.15, 0.2) is 11.5 Å². The number of allylic oxidation sites excluding steroid dienone is 1. The van der Waals surface area contributed by atoms with Gasteiger partial charge >= 0.3 is 0 Å². The van der Waals surface area contributed by atoms with Crippen LogP contribution >= 0.6 is 11.8 Å². The van der Waals surface area contributed by atoms with Crippen LogP contribution < -0.4 is 0 Å². The number of hydrogen-bond acceptors (Lipinski definition) is 1. The highest BCUT2D eigenvalue weighted by atomic mass is 32.2. The third kappa shape index (κ3) is 4.25. The van der Waals surface area contributed by atoms with E-state index in [0.717, 1.165) is 5.25 Å². The molecule has 1 heteroatoms. The largest absolute Gasteiger partial charge is 0.131 e. The Morgan fingerprint density at radius 2 is 2.25 bits per heavy atom. The predicted octanol–water partition coefficient (Wildman–Crippen LogP) is 3.05. The van der Waals surface area contributed by atoms with Gasteiger partial charge in [-0.2, -0.15) is 0 Å². The average molecular weight is 130 g/mol. The molecule has 0 N–H and O–H groups in total. The van der Waals surface area contributed by atoms with E-state index in [-0.39, 0.29) is 0 Å². The number of hydrogen-bond donors (Lipinski definition) is 0. The zero-order valence-corrected chi connectivity index (χ0v) is 6.66. The molecule has 0 aliphatic carbocycles. The summed E-state index contributed by atoms with van der Waals surface area (Å²) in [5, 5.41) is 2.93. The Hall–Kier alpha value is 0.0900. The van der Waals surface area contributed by atoms with Gasteiger partial charge in [-0.05, 0) is 18.8 Å². The summed E-state index contributed by atoms with van der Waals surface area (Å²) >= 11 is 1.90. The molecule has 0 saturated heterocycles. The fraction of sp³-hybridized carbons (Fsp3) is 0.714. The SMILES string of the molecule is CC=CSC(C)CC. The lowest BCUT2D eigenvalue weighted by Gasteiger charge is -2.00. The van der Waals surface area contributed by atoms with E-state index in [1.165, 1.54) is 6.42 Å². The molecule has 1 atom stereocenters. The van der Waals surface area contributed by atoms with Crippen LogP contribution in [-0.4, -0.2) is 5.25 Å². The number of rotatable bonds is 3. The van der Waals surface area contributed by atoms with Crippen molar-refractivity contribution >= 4 is 11.8 Å². The zero-order valence-electron chi connectivity index (χ0n) is 5.85. The standard InChI is InChI=1S/C7H14S/c1-4-6-8-7(3)5-2/h4,6-7H,5H2,1-3H3. The minimum Gasteiger partial charge on any atom is -0.131 e. The van der Waals surface area contributed by atoms with Gasteiger partial charge in [0.15, 0.2) is 0 Å². The topological polar surface area (TPSA) is 0 Å². The van der Waals surface area contributed by atoms with Crippen molar-refractivity contribution in [3.63, 3.8) is 0 Å². The maximum atomic E-state index is 2.24. The van der Waals surface area contributed by atoms with Crippen molar-refractivity contribution in [2.45, 2.75) is 32.4 Å². The Morgan fingerprint density at radius 3 is 2.62 bits per heavy atom. The molecule has 0 fully saturated rings. The molecule has 1 unspecified atom stereocenters. The molecule has 0 aromatic rings. The smallest absolute Gasteiger partial charge is 0.00573 e. The van der Waals surface area contributed by atoms with Gasteiger partial charge in [-0.1, -0.05) is 19.9 Å². The van der Waals surface area contributed by atoms with Crippen LogP contribution in [0.5, 0.6) is 0 Å². The molecule has 48 valence electrons. The van der Waals surface area contributed by atoms with E-state index < -0.39 is 0 Å². The first-order valence-corrected chi connectivity index (χ1v) is 4.02. The summed E-state index contributed by atoms with van der Waals surface area (Å²) in [6, 6.07) is 0. The van der Waals surface area contributed by atoms with Crippen LogP contribution in [0.4, 0.5) is 0 Å². The second-order valence-corrected chi connectivity index (χ2v) is 3.17. The van der Waals surface area contributed by atoms with E-state index in [1.54, 1.807) is 0 Å². The van der Waals surface area contributed by atoms with Gasteiger partial charge in [-0.15, -0.1) is 11.8 Å². The van der Waals surface area contributed by atoms with Gasteiger partial charge < -0.3 is 0 Å². The Balaban J connectivity index is 3.10. The lowest BCUT2D eigenvalue weighted by Crippen LogP contribution is -1.87. The Morgan fingerprint density at radius 1 is 1.62 bits per heavy atom. The summed E-state index contributed by atoms with van der Waals surface area (Å²) in [5.41, 5.74) is 0. The molecule has 0 aromatic heterocycles. The highest BCUT2D eigenvalue weighted by Crippen LogP contribution is 2.13. The van der Waals surface area contributed by atoms with Gasteiger partial charge in [0.05, 0.1) is 0 Å². The van der Waals surface area contributed by atoms with E-state index in [1.807, 2.05) is 11.8 Å². The second-order valence-electron chi connectivity index (χ2n) is 1.82. The molecule has 8 heavy (non-hydrogen) atoms. The summed E-state index contributed by atoms with van der Waals surface area (Å²) < 4.78 is 0. The second kappa shape index (κ2) is 5.23. The van der Waals surface area contributed by atoms with Crippen LogP contribution in [0.1, 0.15) is 27.2 Å². The van der Waals surface area contributed by atoms with Gasteiger partial charge in [0.1, 0.15) is 0 Å². The van der Waals surface area contributed by atoms with E-state index >= 15 is 0 Å². The summed E-state index contributed by atoms with van der Waals surface area (Å²) in [6.45, 7) is 6.50. The molecule has 0 saturated carbocycles. The highest BCUT2D eigenvalue weighted by molar-refractivity contribution is 8.02. The lowest BCUT2D eigenvalue weighted by molar-refractivity contribution is 0.910. The molecular weight excluding hydrogens is 116 g/mol. The molecule has 0 radical (unpaired) electrons. The van der Waals surface area contributed by atoms with Crippen molar-refractivity contribution in [2.75, 3.05) is 0 Å². The summed E-state index contributed by atoms with van der Waals surface area (Å²) in [5.74, 6) is 0. The van der Waals surface area contributed by atoms with Crippen LogP contribution in [0.2, 0.25) is 0 Å². The minimum absolute atomic E-state index is 0.784. The first kappa shape index (κ1) is 8.09. The Bertz CT molecular complexity index is 66.8. The predicted molar refractivity (Wildman–Crippen MR) is 42.2 cm³/mol. The summed E-state index contributed by atoms with van der Waals surface area (Å²) in [6.07, 6.45) is 3.34. The quantitative estimate of drug-likeness (QED) is 0.566. The lowest BCUT2D eigenvalue weighted by atomic mass is 10.4. The maximum absolute atomic E-state index is 2.24. The third-order valence-electron chi connectivity index (χ3n) is 1.02. The van der Waals surface area contributed by atoms with Crippen molar-refractivity contribution in [3.05, 3.63) is 11.5 Å². The molecular formula is C7H14S. The van der Waals surface area contributed by atoms with Crippen LogP contribution in [0, 0.1) is 0 Å². The van der Waals surface area contributed by atoms with Gasteiger partial charge in [-0.3, -0.25) is 0 Å². The molecule has 0 nitrogen and oxygen atoms in total. The van der Waals surface area contributed by atoms with Gasteiger partial charge in [-0.25, -0.2) is 0 Å². The molecule has 0 aliphatic rings. The summed E-state index contributed by atoms with van der Waals surface area (Å²) in [7, 11) is 0. The van der Waals surface area contributed by atoms with Crippen LogP contribution in [0.25, 0.3) is 0 Å².